The van der Waals surface area contributed by atoms with Gasteiger partial charge in [0.2, 0.25) is 0 Å². The maximum absolute atomic E-state index is 5.97. The molecule has 0 radical (unpaired) electrons. The van der Waals surface area contributed by atoms with E-state index >= 15 is 0 Å². The van der Waals surface area contributed by atoms with E-state index in [2.05, 4.69) is 152 Å². The van der Waals surface area contributed by atoms with Gasteiger partial charge in [-0.25, -0.2) is 12.1 Å². The van der Waals surface area contributed by atoms with Crippen LogP contribution in [0, 0.1) is 0 Å². The third kappa shape index (κ3) is 7.64. The molecule has 0 aliphatic heterocycles. The summed E-state index contributed by atoms with van der Waals surface area (Å²) in [5.41, 5.74) is 4.67. The standard InChI is InChI=1S/2C15H11.C7H8Si.2ClH.Zr/c2*1-2-7-12(6-1)15-11-5-9-13-8-3-4-10-14(13)15;1-8-7-5-3-2-4-6-7;;;/h2*1-11H;2-6H,1H3;2*1H;/q2*-1;;;;+2/p-2. The number of benzene rings is 5. The van der Waals surface area contributed by atoms with Crippen LogP contribution >= 0.6 is 17.0 Å². The molecule has 7 aromatic carbocycles. The van der Waals surface area contributed by atoms with Crippen molar-refractivity contribution in [1.82, 2.24) is 0 Å². The Labute approximate surface area is 257 Å². The summed E-state index contributed by atoms with van der Waals surface area (Å²) in [4.78, 5) is 0. The smallest absolute Gasteiger partial charge is 0.0189 e. The van der Waals surface area contributed by atoms with E-state index in [9.17, 15) is 0 Å². The van der Waals surface area contributed by atoms with Crippen molar-refractivity contribution in [3.05, 3.63) is 164 Å². The van der Waals surface area contributed by atoms with Gasteiger partial charge in [-0.3, -0.25) is 0 Å². The van der Waals surface area contributed by atoms with E-state index in [4.69, 9.17) is 17.0 Å². The summed E-state index contributed by atoms with van der Waals surface area (Å²) in [6, 6.07) is 57.2. The van der Waals surface area contributed by atoms with Gasteiger partial charge < -0.3 is 0 Å². The second-order valence-corrected chi connectivity index (χ2v) is 30.6. The molecule has 0 aliphatic carbocycles. The monoisotopic (exact) mass is 662 g/mol. The molecule has 0 nitrogen and oxygen atoms in total. The molecular weight excluding hydrogens is 635 g/mol. The third-order valence-corrected chi connectivity index (χ3v) is 25.2. The van der Waals surface area contributed by atoms with Crippen LogP contribution in [0.1, 0.15) is 0 Å². The van der Waals surface area contributed by atoms with E-state index in [1.165, 1.54) is 49.0 Å². The first-order valence-corrected chi connectivity index (χ1v) is 25.6. The number of hydrogen-bond acceptors (Lipinski definition) is 0. The van der Waals surface area contributed by atoms with E-state index in [1.807, 2.05) is 18.2 Å². The van der Waals surface area contributed by atoms with E-state index in [0.717, 1.165) is 0 Å². The molecule has 0 saturated heterocycles. The number of fused-ring (bicyclic) bond motifs is 2. The van der Waals surface area contributed by atoms with Crippen molar-refractivity contribution in [2.24, 2.45) is 0 Å². The van der Waals surface area contributed by atoms with Crippen LogP contribution in [-0.4, -0.2) is 5.43 Å². The summed E-state index contributed by atoms with van der Waals surface area (Å²) >= 11 is -1.95. The van der Waals surface area contributed by atoms with Gasteiger partial charge >= 0.3 is 82.5 Å². The van der Waals surface area contributed by atoms with Crippen LogP contribution in [0.15, 0.2) is 164 Å². The van der Waals surface area contributed by atoms with Crippen LogP contribution in [-0.2, 0) is 18.0 Å². The van der Waals surface area contributed by atoms with E-state index in [1.54, 1.807) is 0 Å². The predicted octanol–water partition coefficient (Wildman–Crippen LogP) is 10.9. The molecule has 7 aromatic rings. The molecule has 0 bridgehead atoms. The van der Waals surface area contributed by atoms with Crippen LogP contribution < -0.4 is 5.19 Å². The zero-order valence-corrected chi connectivity index (χ0v) is 27.8. The minimum absolute atomic E-state index is 0.557. The van der Waals surface area contributed by atoms with Gasteiger partial charge in [-0.05, 0) is 21.5 Å². The Balaban J connectivity index is 0.000000126. The van der Waals surface area contributed by atoms with Crippen molar-refractivity contribution >= 4 is 49.2 Å². The van der Waals surface area contributed by atoms with Gasteiger partial charge in [0.1, 0.15) is 0 Å². The molecule has 0 amide bonds. The molecule has 7 rings (SSSR count). The molecule has 0 fully saturated rings. The van der Waals surface area contributed by atoms with E-state index in [-0.39, 0.29) is 0 Å². The fourth-order valence-corrected chi connectivity index (χ4v) is 12.5. The van der Waals surface area contributed by atoms with E-state index < -0.39 is 23.4 Å². The second kappa shape index (κ2) is 14.8. The minimum atomic E-state index is -1.95. The van der Waals surface area contributed by atoms with Crippen LogP contribution in [0.4, 0.5) is 0 Å². The molecule has 41 heavy (non-hydrogen) atoms. The molecule has 0 aliphatic rings. The third-order valence-electron chi connectivity index (χ3n) is 7.02. The molecular formula is C37H30Cl2SiZr-2. The summed E-state index contributed by atoms with van der Waals surface area (Å²) in [6.07, 6.45) is 0. The number of rotatable bonds is 3. The topological polar surface area (TPSA) is 0 Å². The molecule has 202 valence electrons. The predicted molar refractivity (Wildman–Crippen MR) is 179 cm³/mol. The average molecular weight is 665 g/mol. The van der Waals surface area contributed by atoms with Gasteiger partial charge in [0, 0.05) is 0 Å². The van der Waals surface area contributed by atoms with Gasteiger partial charge in [-0.2, -0.15) is 47.5 Å². The van der Waals surface area contributed by atoms with Crippen molar-refractivity contribution in [2.75, 3.05) is 0 Å². The quantitative estimate of drug-likeness (QED) is 0.130. The maximum Gasteiger partial charge on any atom is -0.0189 e. The summed E-state index contributed by atoms with van der Waals surface area (Å²) in [6.45, 7) is 2.20. The Morgan fingerprint density at radius 3 is 1.39 bits per heavy atom. The SMILES string of the molecule is C[Si](c1ccccc1)=[Zr]([Cl])[Cl].c1ccc2c(-c3cc[cH-]c3)cccc2c1.c1ccc2c(-c3cc[cH-]c3)cccc2c1. The molecule has 4 heteroatoms. The fraction of sp³-hybridized carbons (Fsp3) is 0.0270. The first-order chi connectivity index (χ1) is 20.1. The zero-order valence-electron chi connectivity index (χ0n) is 22.8. The van der Waals surface area contributed by atoms with Crippen LogP contribution in [0.25, 0.3) is 43.8 Å². The van der Waals surface area contributed by atoms with Crippen molar-refractivity contribution in [3.8, 4) is 22.3 Å². The normalized spacial score (nSPS) is 10.3. The van der Waals surface area contributed by atoms with Crippen molar-refractivity contribution in [1.29, 1.82) is 0 Å². The van der Waals surface area contributed by atoms with Gasteiger partial charge in [-0.1, -0.05) is 96.1 Å². The van der Waals surface area contributed by atoms with Crippen LogP contribution in [0.2, 0.25) is 6.55 Å². The Bertz CT molecular complexity index is 1730. The van der Waals surface area contributed by atoms with Gasteiger partial charge in [-0.15, -0.1) is 0 Å². The van der Waals surface area contributed by atoms with Crippen molar-refractivity contribution in [3.63, 3.8) is 0 Å². The summed E-state index contributed by atoms with van der Waals surface area (Å²) in [7, 11) is 11.9. The Morgan fingerprint density at radius 1 is 0.512 bits per heavy atom. The summed E-state index contributed by atoms with van der Waals surface area (Å²) in [5.74, 6) is 0. The number of hydrogen-bond donors (Lipinski definition) is 0. The molecule has 0 atom stereocenters. The molecule has 0 aromatic heterocycles. The molecule has 0 N–H and O–H groups in total. The number of halogens is 2. The Hall–Kier alpha value is -3.00. The van der Waals surface area contributed by atoms with E-state index in [0.29, 0.717) is 0 Å². The average Bonchev–Trinajstić information content (AvgIpc) is 3.77. The molecule has 0 heterocycles. The summed E-state index contributed by atoms with van der Waals surface area (Å²) in [5, 5.41) is 6.63. The van der Waals surface area contributed by atoms with Gasteiger partial charge in [0.05, 0.1) is 0 Å². The van der Waals surface area contributed by atoms with Crippen LogP contribution in [0.3, 0.4) is 0 Å². The second-order valence-electron chi connectivity index (χ2n) is 9.65. The van der Waals surface area contributed by atoms with Crippen molar-refractivity contribution in [2.45, 2.75) is 6.55 Å². The largest absolute Gasteiger partial charge is 0.206 e. The molecule has 0 saturated carbocycles. The van der Waals surface area contributed by atoms with Crippen molar-refractivity contribution < 1.29 is 18.0 Å². The molecule has 0 unspecified atom stereocenters. The van der Waals surface area contributed by atoms with Gasteiger partial charge in [0.25, 0.3) is 0 Å². The Morgan fingerprint density at radius 2 is 0.951 bits per heavy atom. The van der Waals surface area contributed by atoms with Gasteiger partial charge in [0.15, 0.2) is 0 Å². The maximum atomic E-state index is 5.97. The fourth-order valence-electron chi connectivity index (χ4n) is 4.86. The van der Waals surface area contributed by atoms with Crippen LogP contribution in [0.5, 0.6) is 0 Å². The Kier molecular flexibility index (Phi) is 10.6. The first-order valence-electron chi connectivity index (χ1n) is 13.6. The zero-order chi connectivity index (χ0) is 28.4. The molecule has 0 spiro atoms. The first kappa shape index (κ1) is 29.5. The summed E-state index contributed by atoms with van der Waals surface area (Å²) < 4.78 is 0. The minimum Gasteiger partial charge on any atom is -0.206 e.